The van der Waals surface area contributed by atoms with Crippen LogP contribution < -0.4 is 5.43 Å². The van der Waals surface area contributed by atoms with Gasteiger partial charge in [-0.05, 0) is 18.9 Å². The number of rotatable bonds is 12. The summed E-state index contributed by atoms with van der Waals surface area (Å²) in [5, 5.41) is 36.2. The van der Waals surface area contributed by atoms with E-state index in [0.29, 0.717) is 13.0 Å². The van der Waals surface area contributed by atoms with Gasteiger partial charge in [0.1, 0.15) is 11.8 Å². The van der Waals surface area contributed by atoms with Crippen molar-refractivity contribution in [2.75, 3.05) is 12.0 Å². The summed E-state index contributed by atoms with van der Waals surface area (Å²) in [7, 11) is 0. The summed E-state index contributed by atoms with van der Waals surface area (Å²) in [6.07, 6.45) is 6.25. The van der Waals surface area contributed by atoms with Crippen LogP contribution in [0.5, 0.6) is 0 Å². The second-order valence-electron chi connectivity index (χ2n) is 6.45. The van der Waals surface area contributed by atoms with Gasteiger partial charge in [-0.25, -0.2) is 0 Å². The number of hydrogen-bond acceptors (Lipinski definition) is 9. The zero-order chi connectivity index (χ0) is 22.1. The summed E-state index contributed by atoms with van der Waals surface area (Å²) < 4.78 is 5.05. The van der Waals surface area contributed by atoms with E-state index in [1.54, 1.807) is 6.08 Å². The van der Waals surface area contributed by atoms with Crippen molar-refractivity contribution < 1.29 is 24.5 Å². The number of ketones is 1. The molecule has 0 spiro atoms. The van der Waals surface area contributed by atoms with Crippen molar-refractivity contribution in [3.63, 3.8) is 0 Å². The molecule has 0 amide bonds. The molecular formula is C19H22N4O7. The molecule has 0 saturated carbocycles. The van der Waals surface area contributed by atoms with E-state index in [9.17, 15) is 30.1 Å². The third-order valence-corrected chi connectivity index (χ3v) is 4.18. The molecule has 11 heteroatoms. The monoisotopic (exact) mass is 418 g/mol. The maximum Gasteiger partial charge on any atom is 0.301 e. The SMILES string of the molecule is CC/C=C/C=C(/C=N/Nc1ccc([N+](=O)[O-])cc1[N+](=O)[O-])[C@H](O)C(=O)CC[C@@H]1CO1. The van der Waals surface area contributed by atoms with Crippen LogP contribution in [0.1, 0.15) is 26.2 Å². The maximum atomic E-state index is 12.2. The molecule has 2 N–H and O–H groups in total. The first-order valence-corrected chi connectivity index (χ1v) is 9.24. The van der Waals surface area contributed by atoms with Crippen molar-refractivity contribution in [2.24, 2.45) is 5.10 Å². The highest BCUT2D eigenvalue weighted by atomic mass is 16.6. The molecule has 1 heterocycles. The van der Waals surface area contributed by atoms with Gasteiger partial charge in [0, 0.05) is 18.1 Å². The largest absolute Gasteiger partial charge is 0.380 e. The number of carbonyl (C=O) groups is 1. The molecule has 0 radical (unpaired) electrons. The molecule has 1 aromatic rings. The summed E-state index contributed by atoms with van der Waals surface area (Å²) in [6, 6.07) is 3.08. The van der Waals surface area contributed by atoms with Gasteiger partial charge in [0.05, 0.1) is 34.8 Å². The number of anilines is 1. The maximum absolute atomic E-state index is 12.2. The van der Waals surface area contributed by atoms with E-state index in [0.717, 1.165) is 24.6 Å². The number of epoxide rings is 1. The average molecular weight is 418 g/mol. The lowest BCUT2D eigenvalue weighted by Crippen LogP contribution is -2.24. The molecule has 0 aromatic heterocycles. The van der Waals surface area contributed by atoms with E-state index in [1.165, 1.54) is 12.3 Å². The molecule has 1 aliphatic heterocycles. The van der Waals surface area contributed by atoms with Gasteiger partial charge in [-0.3, -0.25) is 30.4 Å². The van der Waals surface area contributed by atoms with Gasteiger partial charge in [0.15, 0.2) is 5.78 Å². The molecule has 1 aromatic carbocycles. The van der Waals surface area contributed by atoms with Crippen LogP contribution in [0.2, 0.25) is 0 Å². The predicted octanol–water partition coefficient (Wildman–Crippen LogP) is 2.90. The minimum Gasteiger partial charge on any atom is -0.380 e. The number of benzene rings is 1. The lowest BCUT2D eigenvalue weighted by Gasteiger charge is -2.10. The Kier molecular flexibility index (Phi) is 8.32. The van der Waals surface area contributed by atoms with E-state index < -0.39 is 33.1 Å². The Morgan fingerprint density at radius 3 is 2.73 bits per heavy atom. The number of nitro benzene ring substituents is 2. The number of nitrogens with zero attached hydrogens (tertiary/aromatic N) is 3. The van der Waals surface area contributed by atoms with E-state index in [4.69, 9.17) is 4.74 Å². The zero-order valence-electron chi connectivity index (χ0n) is 16.3. The highest BCUT2D eigenvalue weighted by Crippen LogP contribution is 2.28. The van der Waals surface area contributed by atoms with Crippen LogP contribution in [0.4, 0.5) is 17.1 Å². The van der Waals surface area contributed by atoms with Crippen LogP contribution in [0.25, 0.3) is 0 Å². The van der Waals surface area contributed by atoms with Gasteiger partial charge in [-0.1, -0.05) is 25.2 Å². The van der Waals surface area contributed by atoms with Crippen molar-refractivity contribution >= 4 is 29.1 Å². The normalized spacial score (nSPS) is 17.3. The Hall–Kier alpha value is -3.44. The molecule has 1 aliphatic rings. The number of Topliss-reactive ketones (excluding diaryl/α,β-unsaturated/α-hetero) is 1. The van der Waals surface area contributed by atoms with Crippen molar-refractivity contribution in [1.29, 1.82) is 0 Å². The Morgan fingerprint density at radius 1 is 1.40 bits per heavy atom. The number of aliphatic hydroxyl groups is 1. The van der Waals surface area contributed by atoms with Gasteiger partial charge in [0.2, 0.25) is 0 Å². The number of ether oxygens (including phenoxy) is 1. The van der Waals surface area contributed by atoms with Crippen LogP contribution in [0.15, 0.2) is 47.1 Å². The summed E-state index contributed by atoms with van der Waals surface area (Å²) in [5.41, 5.74) is 1.60. The van der Waals surface area contributed by atoms with Gasteiger partial charge in [-0.15, -0.1) is 0 Å². The Balaban J connectivity index is 2.15. The molecule has 1 fully saturated rings. The fraction of sp³-hybridized carbons (Fsp3) is 0.368. The predicted molar refractivity (Wildman–Crippen MR) is 109 cm³/mol. The Morgan fingerprint density at radius 2 is 2.13 bits per heavy atom. The molecule has 0 bridgehead atoms. The molecule has 30 heavy (non-hydrogen) atoms. The molecule has 2 rings (SSSR count). The molecule has 2 atom stereocenters. The van der Waals surface area contributed by atoms with Gasteiger partial charge in [-0.2, -0.15) is 5.10 Å². The number of allylic oxidation sites excluding steroid dienone is 3. The van der Waals surface area contributed by atoms with E-state index in [2.05, 4.69) is 10.5 Å². The first kappa shape index (κ1) is 22.8. The Labute approximate surface area is 172 Å². The Bertz CT molecular complexity index is 891. The summed E-state index contributed by atoms with van der Waals surface area (Å²) in [4.78, 5) is 32.7. The fourth-order valence-corrected chi connectivity index (χ4v) is 2.44. The van der Waals surface area contributed by atoms with Crippen LogP contribution in [-0.2, 0) is 9.53 Å². The lowest BCUT2D eigenvalue weighted by atomic mass is 10.0. The number of hydrazone groups is 1. The highest BCUT2D eigenvalue weighted by molar-refractivity contribution is 5.95. The topological polar surface area (TPSA) is 160 Å². The number of nitro groups is 2. The van der Waals surface area contributed by atoms with Crippen LogP contribution in [0.3, 0.4) is 0 Å². The smallest absolute Gasteiger partial charge is 0.301 e. The average Bonchev–Trinajstić information content (AvgIpc) is 3.54. The second-order valence-corrected chi connectivity index (χ2v) is 6.45. The highest BCUT2D eigenvalue weighted by Gasteiger charge is 2.26. The first-order valence-electron chi connectivity index (χ1n) is 9.24. The second kappa shape index (κ2) is 10.9. The van der Waals surface area contributed by atoms with Gasteiger partial charge in [0.25, 0.3) is 5.69 Å². The molecular weight excluding hydrogens is 396 g/mol. The summed E-state index contributed by atoms with van der Waals surface area (Å²) in [6.45, 7) is 2.54. The number of aliphatic hydroxyl groups excluding tert-OH is 1. The number of non-ortho nitro benzene ring substituents is 1. The van der Waals surface area contributed by atoms with Crippen LogP contribution in [-0.4, -0.2) is 45.8 Å². The van der Waals surface area contributed by atoms with Crippen LogP contribution in [0, 0.1) is 20.2 Å². The van der Waals surface area contributed by atoms with Crippen molar-refractivity contribution in [1.82, 2.24) is 0 Å². The standard InChI is InChI=1S/C19H22N4O7/c1-2-3-4-5-13(19(25)18(24)9-7-15-12-30-15)11-20-21-16-8-6-14(22(26)27)10-17(16)23(28)29/h3-6,8,10-11,15,19,21,25H,2,7,9,12H2,1H3/b4-3+,13-5-,20-11+/t15-,19+/m1/s1. The number of hydrogen-bond donors (Lipinski definition) is 2. The summed E-state index contributed by atoms with van der Waals surface area (Å²) >= 11 is 0. The van der Waals surface area contributed by atoms with Gasteiger partial charge >= 0.3 is 5.69 Å². The molecule has 0 aliphatic carbocycles. The lowest BCUT2D eigenvalue weighted by molar-refractivity contribution is -0.393. The van der Waals surface area contributed by atoms with E-state index in [1.807, 2.05) is 13.0 Å². The molecule has 0 unspecified atom stereocenters. The summed E-state index contributed by atoms with van der Waals surface area (Å²) in [5.74, 6) is -0.394. The van der Waals surface area contributed by atoms with Crippen molar-refractivity contribution in [3.8, 4) is 0 Å². The van der Waals surface area contributed by atoms with Gasteiger partial charge < -0.3 is 9.84 Å². The van der Waals surface area contributed by atoms with Crippen LogP contribution >= 0.6 is 0 Å². The van der Waals surface area contributed by atoms with E-state index in [-0.39, 0.29) is 23.8 Å². The van der Waals surface area contributed by atoms with E-state index >= 15 is 0 Å². The minimum atomic E-state index is -1.41. The number of carbonyl (C=O) groups excluding carboxylic acids is 1. The third kappa shape index (κ3) is 6.87. The zero-order valence-corrected chi connectivity index (χ0v) is 16.3. The minimum absolute atomic E-state index is 0.0617. The molecule has 1 saturated heterocycles. The third-order valence-electron chi connectivity index (χ3n) is 4.18. The van der Waals surface area contributed by atoms with Crippen molar-refractivity contribution in [2.45, 2.75) is 38.4 Å². The molecule has 11 nitrogen and oxygen atoms in total. The van der Waals surface area contributed by atoms with Crippen molar-refractivity contribution in [3.05, 3.63) is 62.2 Å². The fourth-order valence-electron chi connectivity index (χ4n) is 2.44. The number of nitrogens with one attached hydrogen (secondary N) is 1. The molecule has 160 valence electrons. The first-order chi connectivity index (χ1) is 14.3. The quantitative estimate of drug-likeness (QED) is 0.172.